The SMILES string of the molecule is COc1ccc2cc([C@H](C)C(=O)NCC(O)C(C)C)ccc2c1. The fraction of sp³-hybridized carbons (Fsp3) is 0.421. The lowest BCUT2D eigenvalue weighted by atomic mass is 9.96. The van der Waals surface area contributed by atoms with Crippen LogP contribution in [0, 0.1) is 5.92 Å². The summed E-state index contributed by atoms with van der Waals surface area (Å²) in [7, 11) is 1.65. The number of rotatable bonds is 6. The summed E-state index contributed by atoms with van der Waals surface area (Å²) in [6.45, 7) is 6.02. The number of amides is 1. The van der Waals surface area contributed by atoms with Crippen LogP contribution in [0.3, 0.4) is 0 Å². The van der Waals surface area contributed by atoms with Gasteiger partial charge in [-0.2, -0.15) is 0 Å². The van der Waals surface area contributed by atoms with Crippen LogP contribution < -0.4 is 10.1 Å². The highest BCUT2D eigenvalue weighted by Gasteiger charge is 2.17. The molecule has 2 N–H and O–H groups in total. The maximum absolute atomic E-state index is 12.3. The van der Waals surface area contributed by atoms with Crippen LogP contribution in [0.25, 0.3) is 10.8 Å². The zero-order chi connectivity index (χ0) is 17.0. The third kappa shape index (κ3) is 4.23. The third-order valence-corrected chi connectivity index (χ3v) is 4.22. The number of carbonyl (C=O) groups excluding carboxylic acids is 1. The number of carbonyl (C=O) groups is 1. The monoisotopic (exact) mass is 315 g/mol. The Balaban J connectivity index is 2.11. The highest BCUT2D eigenvalue weighted by Crippen LogP contribution is 2.25. The Morgan fingerprint density at radius 2 is 1.78 bits per heavy atom. The molecule has 0 spiro atoms. The lowest BCUT2D eigenvalue weighted by Crippen LogP contribution is -2.36. The zero-order valence-corrected chi connectivity index (χ0v) is 14.2. The number of ether oxygens (including phenoxy) is 1. The summed E-state index contributed by atoms with van der Waals surface area (Å²) in [5.74, 6) is 0.610. The number of methoxy groups -OCH3 is 1. The smallest absolute Gasteiger partial charge is 0.227 e. The summed E-state index contributed by atoms with van der Waals surface area (Å²) in [5.41, 5.74) is 0.958. The van der Waals surface area contributed by atoms with E-state index in [1.54, 1.807) is 7.11 Å². The summed E-state index contributed by atoms with van der Waals surface area (Å²) >= 11 is 0. The van der Waals surface area contributed by atoms with Crippen LogP contribution >= 0.6 is 0 Å². The quantitative estimate of drug-likeness (QED) is 0.861. The molecule has 4 nitrogen and oxygen atoms in total. The Hall–Kier alpha value is -2.07. The summed E-state index contributed by atoms with van der Waals surface area (Å²) in [4.78, 5) is 12.3. The first-order valence-electron chi connectivity index (χ1n) is 7.96. The normalized spacial score (nSPS) is 13.8. The van der Waals surface area contributed by atoms with Gasteiger partial charge >= 0.3 is 0 Å². The predicted octanol–water partition coefficient (Wildman–Crippen LogP) is 3.09. The minimum atomic E-state index is -0.518. The fourth-order valence-corrected chi connectivity index (χ4v) is 2.38. The van der Waals surface area contributed by atoms with Gasteiger partial charge < -0.3 is 15.2 Å². The first-order chi connectivity index (χ1) is 10.9. The molecule has 23 heavy (non-hydrogen) atoms. The number of hydrogen-bond acceptors (Lipinski definition) is 3. The van der Waals surface area contributed by atoms with Gasteiger partial charge in [-0.1, -0.05) is 38.1 Å². The molecule has 1 unspecified atom stereocenters. The van der Waals surface area contributed by atoms with Crippen LogP contribution in [0.15, 0.2) is 36.4 Å². The summed E-state index contributed by atoms with van der Waals surface area (Å²) in [6, 6.07) is 11.9. The van der Waals surface area contributed by atoms with Crippen LogP contribution in [0.2, 0.25) is 0 Å². The second-order valence-electron chi connectivity index (χ2n) is 6.25. The second-order valence-corrected chi connectivity index (χ2v) is 6.25. The molecule has 1 amide bonds. The number of benzene rings is 2. The topological polar surface area (TPSA) is 58.6 Å². The molecule has 0 aromatic heterocycles. The van der Waals surface area contributed by atoms with E-state index >= 15 is 0 Å². The minimum Gasteiger partial charge on any atom is -0.497 e. The molecule has 2 rings (SSSR count). The van der Waals surface area contributed by atoms with Crippen molar-refractivity contribution < 1.29 is 14.6 Å². The predicted molar refractivity (Wildman–Crippen MR) is 92.8 cm³/mol. The number of nitrogens with one attached hydrogen (secondary N) is 1. The molecule has 0 saturated carbocycles. The molecule has 2 atom stereocenters. The number of aliphatic hydroxyl groups is 1. The van der Waals surface area contributed by atoms with Crippen LogP contribution in [0.5, 0.6) is 5.75 Å². The summed E-state index contributed by atoms with van der Waals surface area (Å²) < 4.78 is 5.22. The Morgan fingerprint density at radius 3 is 2.43 bits per heavy atom. The summed E-state index contributed by atoms with van der Waals surface area (Å²) in [5, 5.41) is 14.8. The van der Waals surface area contributed by atoms with E-state index in [1.165, 1.54) is 0 Å². The van der Waals surface area contributed by atoms with Crippen LogP contribution in [-0.4, -0.2) is 30.8 Å². The molecule has 2 aromatic rings. The zero-order valence-electron chi connectivity index (χ0n) is 14.2. The number of fused-ring (bicyclic) bond motifs is 1. The van der Waals surface area contributed by atoms with Gasteiger partial charge in [0.15, 0.2) is 0 Å². The average molecular weight is 315 g/mol. The molecule has 0 aliphatic heterocycles. The van der Waals surface area contributed by atoms with Crippen molar-refractivity contribution in [2.45, 2.75) is 32.8 Å². The van der Waals surface area contributed by atoms with Crippen molar-refractivity contribution in [2.24, 2.45) is 5.92 Å². The lowest BCUT2D eigenvalue weighted by molar-refractivity contribution is -0.122. The molecule has 0 heterocycles. The van der Waals surface area contributed by atoms with E-state index in [1.807, 2.05) is 57.2 Å². The Labute approximate surface area is 137 Å². The Kier molecular flexibility index (Phi) is 5.61. The van der Waals surface area contributed by atoms with E-state index in [9.17, 15) is 9.90 Å². The van der Waals surface area contributed by atoms with Gasteiger partial charge in [-0.3, -0.25) is 4.79 Å². The molecule has 0 bridgehead atoms. The lowest BCUT2D eigenvalue weighted by Gasteiger charge is -2.18. The number of hydrogen-bond donors (Lipinski definition) is 2. The molecule has 0 fully saturated rings. The van der Waals surface area contributed by atoms with Gasteiger partial charge in [0, 0.05) is 6.54 Å². The van der Waals surface area contributed by atoms with E-state index in [4.69, 9.17) is 4.74 Å². The van der Waals surface area contributed by atoms with Gasteiger partial charge in [0.25, 0.3) is 0 Å². The van der Waals surface area contributed by atoms with E-state index in [0.29, 0.717) is 0 Å². The van der Waals surface area contributed by atoms with Crippen LogP contribution in [0.4, 0.5) is 0 Å². The first kappa shape index (κ1) is 17.3. The highest BCUT2D eigenvalue weighted by atomic mass is 16.5. The molecule has 2 aromatic carbocycles. The molecule has 124 valence electrons. The maximum atomic E-state index is 12.3. The molecular weight excluding hydrogens is 290 g/mol. The molecule has 0 aliphatic carbocycles. The van der Waals surface area contributed by atoms with Crippen LogP contribution in [0.1, 0.15) is 32.3 Å². The molecule has 0 saturated heterocycles. The molecule has 0 aliphatic rings. The van der Waals surface area contributed by atoms with Crippen molar-refractivity contribution >= 4 is 16.7 Å². The van der Waals surface area contributed by atoms with Gasteiger partial charge in [0.2, 0.25) is 5.91 Å². The Morgan fingerprint density at radius 1 is 1.13 bits per heavy atom. The third-order valence-electron chi connectivity index (χ3n) is 4.22. The molecule has 4 heteroatoms. The van der Waals surface area contributed by atoms with E-state index in [0.717, 1.165) is 22.1 Å². The largest absolute Gasteiger partial charge is 0.497 e. The van der Waals surface area contributed by atoms with Gasteiger partial charge in [0.1, 0.15) is 5.75 Å². The van der Waals surface area contributed by atoms with Gasteiger partial charge in [0.05, 0.1) is 19.1 Å². The second kappa shape index (κ2) is 7.47. The van der Waals surface area contributed by atoms with Gasteiger partial charge in [-0.05, 0) is 41.3 Å². The van der Waals surface area contributed by atoms with E-state index in [2.05, 4.69) is 5.32 Å². The van der Waals surface area contributed by atoms with E-state index < -0.39 is 6.10 Å². The van der Waals surface area contributed by atoms with Crippen molar-refractivity contribution in [1.29, 1.82) is 0 Å². The van der Waals surface area contributed by atoms with Gasteiger partial charge in [-0.25, -0.2) is 0 Å². The number of aliphatic hydroxyl groups excluding tert-OH is 1. The maximum Gasteiger partial charge on any atom is 0.227 e. The average Bonchev–Trinajstić information content (AvgIpc) is 2.57. The van der Waals surface area contributed by atoms with Crippen molar-refractivity contribution in [3.8, 4) is 5.75 Å². The molecule has 0 radical (unpaired) electrons. The first-order valence-corrected chi connectivity index (χ1v) is 7.96. The van der Waals surface area contributed by atoms with Crippen molar-refractivity contribution in [1.82, 2.24) is 5.32 Å². The van der Waals surface area contributed by atoms with E-state index in [-0.39, 0.29) is 24.3 Å². The summed E-state index contributed by atoms with van der Waals surface area (Å²) in [6.07, 6.45) is -0.518. The minimum absolute atomic E-state index is 0.0717. The fourth-order valence-electron chi connectivity index (χ4n) is 2.38. The van der Waals surface area contributed by atoms with Gasteiger partial charge in [-0.15, -0.1) is 0 Å². The van der Waals surface area contributed by atoms with Crippen LogP contribution in [-0.2, 0) is 4.79 Å². The van der Waals surface area contributed by atoms with Crippen molar-refractivity contribution in [2.75, 3.05) is 13.7 Å². The van der Waals surface area contributed by atoms with Crippen molar-refractivity contribution in [3.63, 3.8) is 0 Å². The Bertz CT molecular complexity index is 681. The highest BCUT2D eigenvalue weighted by molar-refractivity contribution is 5.88. The molecular formula is C19H25NO3. The van der Waals surface area contributed by atoms with Crippen molar-refractivity contribution in [3.05, 3.63) is 42.0 Å². The standard InChI is InChI=1S/C19H25NO3/c1-12(2)18(21)11-20-19(22)13(3)14-5-6-16-10-17(23-4)8-7-15(16)9-14/h5-10,12-13,18,21H,11H2,1-4H3,(H,20,22)/t13-,18?/m0/s1.